The minimum absolute atomic E-state index is 0.0186. The van der Waals surface area contributed by atoms with E-state index in [1.165, 1.54) is 46.9 Å². The monoisotopic (exact) mass is 553 g/mol. The van der Waals surface area contributed by atoms with Gasteiger partial charge in [-0.25, -0.2) is 23.1 Å². The number of aromatic nitrogens is 2. The molecule has 4 aromatic rings. The second kappa shape index (κ2) is 11.0. The molecule has 0 aliphatic rings. The first-order valence-corrected chi connectivity index (χ1v) is 14.2. The van der Waals surface area contributed by atoms with Gasteiger partial charge in [0.1, 0.15) is 5.70 Å². The van der Waals surface area contributed by atoms with Crippen molar-refractivity contribution in [2.75, 3.05) is 10.0 Å². The van der Waals surface area contributed by atoms with Crippen molar-refractivity contribution in [3.8, 4) is 0 Å². The maximum atomic E-state index is 13.1. The Morgan fingerprint density at radius 3 is 2.24 bits per heavy atom. The van der Waals surface area contributed by atoms with Crippen molar-refractivity contribution in [1.82, 2.24) is 15.3 Å². The van der Waals surface area contributed by atoms with Gasteiger partial charge >= 0.3 is 0 Å². The number of amides is 2. The van der Waals surface area contributed by atoms with Gasteiger partial charge in [0, 0.05) is 26.8 Å². The van der Waals surface area contributed by atoms with E-state index >= 15 is 0 Å². The largest absolute Gasteiger partial charge is 0.321 e. The molecular formula is C25H23N5O4S3. The predicted octanol–water partition coefficient (Wildman–Crippen LogP) is 4.74. The molecule has 190 valence electrons. The number of sulfonamides is 1. The van der Waals surface area contributed by atoms with Crippen molar-refractivity contribution in [3.05, 3.63) is 91.7 Å². The van der Waals surface area contributed by atoms with E-state index in [-0.39, 0.29) is 16.5 Å². The summed E-state index contributed by atoms with van der Waals surface area (Å²) in [5.41, 5.74) is 1.68. The van der Waals surface area contributed by atoms with Gasteiger partial charge in [0.25, 0.3) is 21.8 Å². The van der Waals surface area contributed by atoms with Gasteiger partial charge in [0.05, 0.1) is 9.77 Å². The van der Waals surface area contributed by atoms with Crippen LogP contribution >= 0.6 is 22.7 Å². The summed E-state index contributed by atoms with van der Waals surface area (Å²) >= 11 is 2.75. The minimum Gasteiger partial charge on any atom is -0.321 e. The maximum absolute atomic E-state index is 13.1. The van der Waals surface area contributed by atoms with E-state index in [4.69, 9.17) is 0 Å². The van der Waals surface area contributed by atoms with E-state index in [2.05, 4.69) is 25.3 Å². The second-order valence-corrected chi connectivity index (χ2v) is 11.9. The lowest BCUT2D eigenvalue weighted by atomic mass is 10.2. The number of hydrogen-bond donors (Lipinski definition) is 3. The molecule has 3 aromatic heterocycles. The third kappa shape index (κ3) is 6.88. The highest BCUT2D eigenvalue weighted by Crippen LogP contribution is 2.21. The highest BCUT2D eigenvalue weighted by atomic mass is 32.2. The molecule has 0 fully saturated rings. The standard InChI is InChI=1S/C25H23N5O4S3/c1-15-13-16(2)27-25(26-15)30-37(33,34)20-10-7-18(8-11-20)28-23(31)21(14-19-9-6-17(3)36-19)29-24(32)22-5-4-12-35-22/h4-14H,1-3H3,(H,28,31)(H,29,32)(H,26,27,30). The number of carbonyl (C=O) groups is 2. The van der Waals surface area contributed by atoms with E-state index in [9.17, 15) is 18.0 Å². The molecule has 0 aliphatic heterocycles. The fourth-order valence-corrected chi connectivity index (χ4v) is 5.67. The molecule has 37 heavy (non-hydrogen) atoms. The first kappa shape index (κ1) is 26.2. The molecule has 0 radical (unpaired) electrons. The fraction of sp³-hybridized carbons (Fsp3) is 0.120. The lowest BCUT2D eigenvalue weighted by Gasteiger charge is -2.11. The zero-order chi connectivity index (χ0) is 26.6. The van der Waals surface area contributed by atoms with Crippen LogP contribution in [0.25, 0.3) is 6.08 Å². The van der Waals surface area contributed by atoms with Gasteiger partial charge in [-0.1, -0.05) is 6.07 Å². The van der Waals surface area contributed by atoms with Crippen LogP contribution in [-0.4, -0.2) is 30.2 Å². The lowest BCUT2D eigenvalue weighted by Crippen LogP contribution is -2.30. The van der Waals surface area contributed by atoms with Crippen molar-refractivity contribution in [3.63, 3.8) is 0 Å². The van der Waals surface area contributed by atoms with Crippen LogP contribution in [0, 0.1) is 20.8 Å². The number of rotatable bonds is 8. The number of aryl methyl sites for hydroxylation is 3. The van der Waals surface area contributed by atoms with E-state index in [0.29, 0.717) is 22.0 Å². The second-order valence-electron chi connectivity index (χ2n) is 8.00. The Morgan fingerprint density at radius 1 is 0.946 bits per heavy atom. The average molecular weight is 554 g/mol. The molecular weight excluding hydrogens is 531 g/mol. The number of nitrogens with one attached hydrogen (secondary N) is 3. The predicted molar refractivity (Wildman–Crippen MR) is 146 cm³/mol. The van der Waals surface area contributed by atoms with Gasteiger partial charge in [-0.2, -0.15) is 0 Å². The smallest absolute Gasteiger partial charge is 0.272 e. The first-order valence-electron chi connectivity index (χ1n) is 11.0. The van der Waals surface area contributed by atoms with E-state index in [1.807, 2.05) is 19.1 Å². The Kier molecular flexibility index (Phi) is 7.81. The van der Waals surface area contributed by atoms with Crippen molar-refractivity contribution in [2.24, 2.45) is 0 Å². The Hall–Kier alpha value is -3.87. The Bertz CT molecular complexity index is 1550. The van der Waals surface area contributed by atoms with Gasteiger partial charge in [-0.05, 0) is 80.8 Å². The van der Waals surface area contributed by atoms with Gasteiger partial charge in [0.15, 0.2) is 0 Å². The lowest BCUT2D eigenvalue weighted by molar-refractivity contribution is -0.113. The summed E-state index contributed by atoms with van der Waals surface area (Å²) in [6.07, 6.45) is 1.60. The number of nitrogens with zero attached hydrogens (tertiary/aromatic N) is 2. The summed E-state index contributed by atoms with van der Waals surface area (Å²) in [5, 5.41) is 7.16. The molecule has 0 spiro atoms. The highest BCUT2D eigenvalue weighted by molar-refractivity contribution is 7.92. The van der Waals surface area contributed by atoms with Crippen LogP contribution < -0.4 is 15.4 Å². The van der Waals surface area contributed by atoms with Crippen molar-refractivity contribution in [2.45, 2.75) is 25.7 Å². The molecule has 1 aromatic carbocycles. The molecule has 12 heteroatoms. The maximum Gasteiger partial charge on any atom is 0.272 e. The summed E-state index contributed by atoms with van der Waals surface area (Å²) in [7, 11) is -3.94. The highest BCUT2D eigenvalue weighted by Gasteiger charge is 2.18. The van der Waals surface area contributed by atoms with Crippen LogP contribution in [0.5, 0.6) is 0 Å². The SMILES string of the molecule is Cc1cc(C)nc(NS(=O)(=O)c2ccc(NC(=O)C(=Cc3ccc(C)s3)NC(=O)c3cccs3)cc2)n1. The molecule has 0 saturated heterocycles. The van der Waals surface area contributed by atoms with Crippen LogP contribution in [0.15, 0.2) is 70.6 Å². The third-order valence-electron chi connectivity index (χ3n) is 4.92. The first-order chi connectivity index (χ1) is 17.6. The Balaban J connectivity index is 1.51. The van der Waals surface area contributed by atoms with Crippen LogP contribution in [-0.2, 0) is 14.8 Å². The molecule has 0 atom stereocenters. The van der Waals surface area contributed by atoms with Gasteiger partial charge in [0.2, 0.25) is 5.95 Å². The molecule has 0 saturated carbocycles. The average Bonchev–Trinajstić information content (AvgIpc) is 3.50. The van der Waals surface area contributed by atoms with Crippen LogP contribution in [0.4, 0.5) is 11.6 Å². The summed E-state index contributed by atoms with van der Waals surface area (Å²) < 4.78 is 27.9. The molecule has 3 N–H and O–H groups in total. The van der Waals surface area contributed by atoms with Crippen LogP contribution in [0.3, 0.4) is 0 Å². The Morgan fingerprint density at radius 2 is 1.65 bits per heavy atom. The zero-order valence-corrected chi connectivity index (χ0v) is 22.6. The summed E-state index contributed by atoms with van der Waals surface area (Å²) in [4.78, 5) is 36.2. The number of benzene rings is 1. The molecule has 0 bridgehead atoms. The molecule has 0 unspecified atom stereocenters. The summed E-state index contributed by atoms with van der Waals surface area (Å²) in [5.74, 6) is -0.964. The van der Waals surface area contributed by atoms with E-state index in [1.54, 1.807) is 43.5 Å². The zero-order valence-electron chi connectivity index (χ0n) is 20.1. The number of carbonyl (C=O) groups excluding carboxylic acids is 2. The van der Waals surface area contributed by atoms with Crippen LogP contribution in [0.1, 0.15) is 30.8 Å². The normalized spacial score (nSPS) is 11.7. The van der Waals surface area contributed by atoms with Crippen molar-refractivity contribution in [1.29, 1.82) is 0 Å². The summed E-state index contributed by atoms with van der Waals surface area (Å²) in [6, 6.07) is 14.6. The van der Waals surface area contributed by atoms with Gasteiger partial charge < -0.3 is 10.6 Å². The van der Waals surface area contributed by atoms with Gasteiger partial charge in [-0.15, -0.1) is 22.7 Å². The van der Waals surface area contributed by atoms with Crippen molar-refractivity contribution >= 4 is 62.2 Å². The molecule has 2 amide bonds. The van der Waals surface area contributed by atoms with Crippen molar-refractivity contribution < 1.29 is 18.0 Å². The van der Waals surface area contributed by atoms with E-state index < -0.39 is 21.8 Å². The molecule has 4 rings (SSSR count). The number of hydrogen-bond acceptors (Lipinski definition) is 8. The molecule has 9 nitrogen and oxygen atoms in total. The molecule has 0 aliphatic carbocycles. The topological polar surface area (TPSA) is 130 Å². The third-order valence-corrected chi connectivity index (χ3v) is 8.08. The summed E-state index contributed by atoms with van der Waals surface area (Å²) in [6.45, 7) is 5.44. The Labute approximate surface area is 222 Å². The fourth-order valence-electron chi connectivity index (χ4n) is 3.29. The number of thiophene rings is 2. The van der Waals surface area contributed by atoms with Crippen LogP contribution in [0.2, 0.25) is 0 Å². The quantitative estimate of drug-likeness (QED) is 0.270. The molecule has 3 heterocycles. The van der Waals surface area contributed by atoms with Gasteiger partial charge in [-0.3, -0.25) is 9.59 Å². The number of anilines is 2. The van der Waals surface area contributed by atoms with E-state index in [0.717, 1.165) is 9.75 Å². The minimum atomic E-state index is -3.94.